The molecule has 0 spiro atoms. The van der Waals surface area contributed by atoms with E-state index >= 15 is 0 Å². The first-order valence-corrected chi connectivity index (χ1v) is 13.2. The average molecular weight is 554 g/mol. The van der Waals surface area contributed by atoms with E-state index in [1.54, 1.807) is 30.3 Å². The molecule has 9 nitrogen and oxygen atoms in total. The van der Waals surface area contributed by atoms with Gasteiger partial charge in [-0.15, -0.1) is 0 Å². The van der Waals surface area contributed by atoms with Gasteiger partial charge in [0.05, 0.1) is 35.1 Å². The van der Waals surface area contributed by atoms with Gasteiger partial charge in [-0.1, -0.05) is 49.5 Å². The Morgan fingerprint density at radius 2 is 1.76 bits per heavy atom. The largest absolute Gasteiger partial charge is 0.511 e. The first kappa shape index (κ1) is 25.8. The van der Waals surface area contributed by atoms with E-state index in [-0.39, 0.29) is 21.9 Å². The summed E-state index contributed by atoms with van der Waals surface area (Å²) in [7, 11) is 1.45. The second-order valence-corrected chi connectivity index (χ2v) is 11.1. The van der Waals surface area contributed by atoms with Gasteiger partial charge in [0.15, 0.2) is 11.6 Å². The zero-order valence-corrected chi connectivity index (χ0v) is 22.0. The summed E-state index contributed by atoms with van der Waals surface area (Å²) < 4.78 is 5.43. The summed E-state index contributed by atoms with van der Waals surface area (Å²) in [4.78, 5) is 40.2. The average Bonchev–Trinajstić information content (AvgIpc) is 2.89. The number of carbonyl (C=O) groups excluding carboxylic acids is 3. The van der Waals surface area contributed by atoms with Crippen LogP contribution in [-0.2, 0) is 9.59 Å². The lowest BCUT2D eigenvalue weighted by molar-refractivity contribution is -0.127. The van der Waals surface area contributed by atoms with Crippen molar-refractivity contribution in [3.63, 3.8) is 0 Å². The summed E-state index contributed by atoms with van der Waals surface area (Å²) in [5.41, 5.74) is 5.45. The first-order valence-electron chi connectivity index (χ1n) is 11.8. The molecule has 197 valence electrons. The zero-order chi connectivity index (χ0) is 27.5. The number of aliphatic hydroxyl groups is 2. The molecule has 0 saturated carbocycles. The third-order valence-corrected chi connectivity index (χ3v) is 9.53. The van der Waals surface area contributed by atoms with Crippen LogP contribution in [0.4, 0.5) is 0 Å². The van der Waals surface area contributed by atoms with Crippen LogP contribution in [0.15, 0.2) is 70.0 Å². The van der Waals surface area contributed by atoms with Crippen LogP contribution >= 0.6 is 24.0 Å². The van der Waals surface area contributed by atoms with Crippen molar-refractivity contribution in [2.24, 2.45) is 23.5 Å². The Bertz CT molecular complexity index is 1470. The van der Waals surface area contributed by atoms with Crippen LogP contribution in [0, 0.1) is 17.8 Å². The molecule has 0 bridgehead atoms. The Kier molecular flexibility index (Phi) is 6.44. The summed E-state index contributed by atoms with van der Waals surface area (Å²) >= 11 is 6.13. The minimum absolute atomic E-state index is 0.00818. The maximum absolute atomic E-state index is 13.7. The highest BCUT2D eigenvalue weighted by atomic mass is 32.2. The molecule has 2 aromatic rings. The number of aromatic hydroxyl groups is 1. The van der Waals surface area contributed by atoms with E-state index in [9.17, 15) is 29.7 Å². The quantitative estimate of drug-likeness (QED) is 0.190. The fourth-order valence-electron chi connectivity index (χ4n) is 5.70. The number of Topliss-reactive ketones (excluding diaryl/α,β-unsaturated/α-hetero) is 2. The number of hydrogen-bond donors (Lipinski definition) is 6. The van der Waals surface area contributed by atoms with Gasteiger partial charge < -0.3 is 31.1 Å². The van der Waals surface area contributed by atoms with Gasteiger partial charge >= 0.3 is 0 Å². The third-order valence-electron chi connectivity index (χ3n) is 7.47. The monoisotopic (exact) mass is 553 g/mol. The van der Waals surface area contributed by atoms with E-state index in [0.29, 0.717) is 28.0 Å². The Labute approximate surface area is 227 Å². The van der Waals surface area contributed by atoms with Crippen molar-refractivity contribution in [3.8, 4) is 11.5 Å². The molecule has 6 N–H and O–H groups in total. The lowest BCUT2D eigenvalue weighted by Crippen LogP contribution is -2.57. The number of primary amides is 1. The molecule has 1 amide bonds. The van der Waals surface area contributed by atoms with Gasteiger partial charge in [0.1, 0.15) is 33.6 Å². The summed E-state index contributed by atoms with van der Waals surface area (Å²) in [5.74, 6) is -6.18. The number of ketones is 2. The topological polar surface area (TPSA) is 159 Å². The number of rotatable bonds is 4. The minimum Gasteiger partial charge on any atom is -0.511 e. The summed E-state index contributed by atoms with van der Waals surface area (Å²) in [6, 6.07) is 10.8. The standard InChI is InChI=1S/C27H25N2O7S2/c1-10-14-16(21(32)17-20(31)15-12(30)8-9-13(36-2)25(15)38-24(10)17)22(33)18(26(28)35)23(34)19(14)29-27(37)11-6-4-3-5-7-11/h3-10,14,16,19,24,30,32,34,38H,1-2H3,(H2,28,35)(H,29,37). The van der Waals surface area contributed by atoms with Gasteiger partial charge in [-0.2, -0.15) is 11.8 Å². The number of ether oxygens (including phenoxy) is 1. The summed E-state index contributed by atoms with van der Waals surface area (Å²) in [6.07, 6.45) is 0. The number of amides is 1. The number of nitrogens with two attached hydrogens (primary N) is 1. The van der Waals surface area contributed by atoms with E-state index in [2.05, 4.69) is 5.32 Å². The Morgan fingerprint density at radius 3 is 2.39 bits per heavy atom. The number of methoxy groups -OCH3 is 1. The molecule has 5 unspecified atom stereocenters. The van der Waals surface area contributed by atoms with Crippen LogP contribution in [0.2, 0.25) is 0 Å². The predicted molar refractivity (Wildman–Crippen MR) is 145 cm³/mol. The van der Waals surface area contributed by atoms with Crippen molar-refractivity contribution in [2.75, 3.05) is 7.11 Å². The molecular formula is C27H25N2O7S2. The lowest BCUT2D eigenvalue weighted by Gasteiger charge is -2.48. The van der Waals surface area contributed by atoms with Gasteiger partial charge in [-0.3, -0.25) is 14.4 Å². The van der Waals surface area contributed by atoms with Crippen molar-refractivity contribution in [1.29, 1.82) is 0 Å². The minimum atomic E-state index is -1.33. The van der Waals surface area contributed by atoms with Crippen molar-refractivity contribution in [1.82, 2.24) is 5.32 Å². The summed E-state index contributed by atoms with van der Waals surface area (Å²) in [5, 5.41) is 35.6. The van der Waals surface area contributed by atoms with Crippen LogP contribution in [0.25, 0.3) is 0 Å². The number of phenols is 1. The number of fused-ring (bicyclic) bond motifs is 3. The molecule has 11 heteroatoms. The molecule has 1 aliphatic heterocycles. The lowest BCUT2D eigenvalue weighted by atomic mass is 9.62. The summed E-state index contributed by atoms with van der Waals surface area (Å²) in [6.45, 7) is 1.81. The second kappa shape index (κ2) is 9.48. The first-order chi connectivity index (χ1) is 18.1. The van der Waals surface area contributed by atoms with Gasteiger partial charge in [0, 0.05) is 16.7 Å². The molecule has 5 atom stereocenters. The number of hydrogen-bond acceptors (Lipinski definition) is 8. The molecule has 0 aromatic heterocycles. The molecule has 0 fully saturated rings. The number of allylic oxidation sites excluding steroid dienone is 1. The van der Waals surface area contributed by atoms with Crippen molar-refractivity contribution in [2.45, 2.75) is 23.1 Å². The number of aliphatic hydroxyl groups excluding tert-OH is 2. The van der Waals surface area contributed by atoms with Gasteiger partial charge in [-0.25, -0.2) is 0 Å². The number of nitrogens with one attached hydrogen (secondary N) is 1. The van der Waals surface area contributed by atoms with E-state index in [1.165, 1.54) is 13.2 Å². The SMILES string of the molecule is COc1ccc(O)c2c1[SH]C1C(=C(O)C3C(=O)C(C(N)=O)=C(O)C(NC(=S)c4ccccc4)C3C1C)C2=O. The molecule has 0 saturated heterocycles. The highest BCUT2D eigenvalue weighted by Gasteiger charge is 2.57. The molecule has 1 radical (unpaired) electrons. The van der Waals surface area contributed by atoms with E-state index in [4.69, 9.17) is 22.7 Å². The highest BCUT2D eigenvalue weighted by molar-refractivity contribution is 8.00. The van der Waals surface area contributed by atoms with E-state index < -0.39 is 63.6 Å². The fraction of sp³-hybridized carbons (Fsp3) is 0.259. The molecule has 1 heterocycles. The predicted octanol–water partition coefficient (Wildman–Crippen LogP) is 2.70. The molecule has 5 rings (SSSR count). The van der Waals surface area contributed by atoms with Crippen molar-refractivity contribution < 1.29 is 34.4 Å². The maximum Gasteiger partial charge on any atom is 0.255 e. The van der Waals surface area contributed by atoms with Crippen LogP contribution in [0.5, 0.6) is 11.5 Å². The van der Waals surface area contributed by atoms with Gasteiger partial charge in [0.2, 0.25) is 0 Å². The second-order valence-electron chi connectivity index (χ2n) is 9.43. The van der Waals surface area contributed by atoms with Gasteiger partial charge in [0.25, 0.3) is 5.91 Å². The smallest absolute Gasteiger partial charge is 0.255 e. The highest BCUT2D eigenvalue weighted by Crippen LogP contribution is 2.56. The molecule has 38 heavy (non-hydrogen) atoms. The zero-order valence-electron chi connectivity index (χ0n) is 20.3. The van der Waals surface area contributed by atoms with Crippen LogP contribution in [0.1, 0.15) is 22.8 Å². The normalized spacial score (nSPS) is 26.3. The van der Waals surface area contributed by atoms with Gasteiger partial charge in [-0.05, 0) is 18.1 Å². The third kappa shape index (κ3) is 3.76. The number of thiocarbonyl (C=S) groups is 1. The van der Waals surface area contributed by atoms with Crippen LogP contribution in [-0.4, -0.2) is 56.2 Å². The Hall–Kier alpha value is -3.83. The van der Waals surface area contributed by atoms with E-state index in [0.717, 1.165) is 0 Å². The maximum atomic E-state index is 13.7. The Balaban J connectivity index is 1.67. The number of benzene rings is 2. The van der Waals surface area contributed by atoms with Crippen LogP contribution in [0.3, 0.4) is 0 Å². The van der Waals surface area contributed by atoms with Crippen LogP contribution < -0.4 is 15.8 Å². The molecule has 3 aliphatic rings. The molecular weight excluding hydrogens is 528 g/mol. The molecule has 2 aromatic carbocycles. The number of thiol groups is 1. The van der Waals surface area contributed by atoms with Crippen molar-refractivity contribution in [3.05, 3.63) is 76.3 Å². The molecule has 2 aliphatic carbocycles. The fourth-order valence-corrected chi connectivity index (χ4v) is 7.70. The Morgan fingerprint density at radius 1 is 1.08 bits per heavy atom. The number of phenolic OH excluding ortho intramolecular Hbond substituents is 1. The van der Waals surface area contributed by atoms with E-state index in [1.807, 2.05) is 13.0 Å². The van der Waals surface area contributed by atoms with Crippen molar-refractivity contribution >= 4 is 46.4 Å². The number of carbonyl (C=O) groups is 3.